The predicted molar refractivity (Wildman–Crippen MR) is 78.5 cm³/mol. The Morgan fingerprint density at radius 3 is 2.89 bits per heavy atom. The third-order valence-electron chi connectivity index (χ3n) is 4.32. The van der Waals surface area contributed by atoms with Crippen LogP contribution in [0.3, 0.4) is 0 Å². The van der Waals surface area contributed by atoms with Crippen LogP contribution in [0.2, 0.25) is 0 Å². The Hall–Kier alpha value is -0.350. The van der Waals surface area contributed by atoms with E-state index in [0.717, 1.165) is 17.6 Å². The Kier molecular flexibility index (Phi) is 4.17. The molecule has 1 aromatic rings. The van der Waals surface area contributed by atoms with Crippen LogP contribution in [0.5, 0.6) is 0 Å². The van der Waals surface area contributed by atoms with Gasteiger partial charge >= 0.3 is 0 Å². The van der Waals surface area contributed by atoms with Gasteiger partial charge < -0.3 is 5.73 Å². The van der Waals surface area contributed by atoms with Gasteiger partial charge in [0.1, 0.15) is 0 Å². The molecular formula is C14H24BrN3. The molecule has 0 bridgehead atoms. The molecule has 0 aromatic carbocycles. The van der Waals surface area contributed by atoms with Crippen LogP contribution >= 0.6 is 15.9 Å². The second kappa shape index (κ2) is 5.33. The number of hydrogen-bond acceptors (Lipinski definition) is 2. The fourth-order valence-electron chi connectivity index (χ4n) is 3.24. The Labute approximate surface area is 118 Å². The highest BCUT2D eigenvalue weighted by molar-refractivity contribution is 9.10. The fourth-order valence-corrected chi connectivity index (χ4v) is 3.83. The number of aryl methyl sites for hydroxylation is 1. The van der Waals surface area contributed by atoms with E-state index in [1.807, 2.05) is 6.20 Å². The molecule has 2 N–H and O–H groups in total. The maximum absolute atomic E-state index is 5.98. The Balaban J connectivity index is 2.35. The second-order valence-electron chi connectivity index (χ2n) is 6.20. The molecule has 0 amide bonds. The summed E-state index contributed by atoms with van der Waals surface area (Å²) in [6.45, 7) is 8.59. The average Bonchev–Trinajstić information content (AvgIpc) is 2.69. The van der Waals surface area contributed by atoms with E-state index >= 15 is 0 Å². The molecule has 1 aliphatic rings. The zero-order valence-electron chi connectivity index (χ0n) is 11.6. The number of nitrogens with zero attached hydrogens (tertiary/aromatic N) is 2. The van der Waals surface area contributed by atoms with E-state index in [1.54, 1.807) is 0 Å². The van der Waals surface area contributed by atoms with Crippen molar-refractivity contribution in [3.05, 3.63) is 16.4 Å². The van der Waals surface area contributed by atoms with Crippen LogP contribution in [0.4, 0.5) is 0 Å². The summed E-state index contributed by atoms with van der Waals surface area (Å²) in [7, 11) is 0. The molecule has 2 unspecified atom stereocenters. The first-order chi connectivity index (χ1) is 8.48. The molecule has 1 heterocycles. The minimum atomic E-state index is 0.415. The van der Waals surface area contributed by atoms with E-state index < -0.39 is 0 Å². The van der Waals surface area contributed by atoms with Crippen molar-refractivity contribution in [2.24, 2.45) is 17.1 Å². The van der Waals surface area contributed by atoms with Crippen molar-refractivity contribution in [1.82, 2.24) is 9.78 Å². The van der Waals surface area contributed by atoms with Crippen molar-refractivity contribution in [3.8, 4) is 0 Å². The second-order valence-corrected chi connectivity index (χ2v) is 7.06. The van der Waals surface area contributed by atoms with Crippen LogP contribution in [0.15, 0.2) is 10.7 Å². The Bertz CT molecular complexity index is 411. The fraction of sp³-hybridized carbons (Fsp3) is 0.786. The van der Waals surface area contributed by atoms with Crippen LogP contribution in [0.1, 0.15) is 51.6 Å². The first-order valence-corrected chi connectivity index (χ1v) is 7.69. The summed E-state index contributed by atoms with van der Waals surface area (Å²) in [6, 6.07) is 0. The third kappa shape index (κ3) is 2.64. The summed E-state index contributed by atoms with van der Waals surface area (Å²) < 4.78 is 3.27. The van der Waals surface area contributed by atoms with Crippen molar-refractivity contribution in [2.75, 3.05) is 6.54 Å². The predicted octanol–water partition coefficient (Wildman–Crippen LogP) is 3.53. The van der Waals surface area contributed by atoms with Crippen molar-refractivity contribution in [2.45, 2.75) is 52.5 Å². The van der Waals surface area contributed by atoms with Crippen LogP contribution in [0, 0.1) is 11.3 Å². The van der Waals surface area contributed by atoms with E-state index in [9.17, 15) is 0 Å². The minimum Gasteiger partial charge on any atom is -0.330 e. The highest BCUT2D eigenvalue weighted by atomic mass is 79.9. The van der Waals surface area contributed by atoms with Gasteiger partial charge in [0.15, 0.2) is 0 Å². The average molecular weight is 314 g/mol. The molecule has 2 atom stereocenters. The zero-order valence-corrected chi connectivity index (χ0v) is 13.2. The molecule has 3 nitrogen and oxygen atoms in total. The van der Waals surface area contributed by atoms with E-state index in [-0.39, 0.29) is 0 Å². The largest absolute Gasteiger partial charge is 0.330 e. The number of rotatable bonds is 3. The number of nitrogens with two attached hydrogens (primary N) is 1. The maximum atomic E-state index is 5.98. The van der Waals surface area contributed by atoms with Crippen molar-refractivity contribution >= 4 is 15.9 Å². The summed E-state index contributed by atoms with van der Waals surface area (Å²) >= 11 is 3.66. The molecular weight excluding hydrogens is 290 g/mol. The smallest absolute Gasteiger partial charge is 0.0635 e. The summed E-state index contributed by atoms with van der Waals surface area (Å²) in [5.41, 5.74) is 7.75. The van der Waals surface area contributed by atoms with Gasteiger partial charge in [-0.15, -0.1) is 0 Å². The molecule has 1 aromatic heterocycles. The molecule has 1 fully saturated rings. The molecule has 0 saturated heterocycles. The summed E-state index contributed by atoms with van der Waals surface area (Å²) in [6.07, 6.45) is 5.64. The van der Waals surface area contributed by atoms with Gasteiger partial charge in [0, 0.05) is 12.5 Å². The lowest BCUT2D eigenvalue weighted by molar-refractivity contribution is 0.160. The number of halogens is 1. The topological polar surface area (TPSA) is 43.8 Å². The first-order valence-electron chi connectivity index (χ1n) is 6.89. The third-order valence-corrected chi connectivity index (χ3v) is 4.93. The summed E-state index contributed by atoms with van der Waals surface area (Å²) in [5.74, 6) is 1.13. The Morgan fingerprint density at radius 2 is 2.28 bits per heavy atom. The van der Waals surface area contributed by atoms with Gasteiger partial charge in [-0.05, 0) is 60.0 Å². The molecule has 0 spiro atoms. The standard InChI is InChI=1S/C14H24BrN3/c1-4-18-13(12(15)9-17-18)11-7-14(2,3)6-5-10(11)8-16/h9-11H,4-8,16H2,1-3H3. The van der Waals surface area contributed by atoms with Crippen LogP contribution < -0.4 is 5.73 Å². The maximum Gasteiger partial charge on any atom is 0.0635 e. The van der Waals surface area contributed by atoms with Gasteiger partial charge in [0.05, 0.1) is 16.4 Å². The van der Waals surface area contributed by atoms with Crippen LogP contribution in [-0.2, 0) is 6.54 Å². The van der Waals surface area contributed by atoms with Crippen molar-refractivity contribution in [1.29, 1.82) is 0 Å². The van der Waals surface area contributed by atoms with E-state index in [4.69, 9.17) is 5.73 Å². The summed E-state index contributed by atoms with van der Waals surface area (Å²) in [5, 5.41) is 4.45. The lowest BCUT2D eigenvalue weighted by Gasteiger charge is -2.40. The molecule has 18 heavy (non-hydrogen) atoms. The van der Waals surface area contributed by atoms with Crippen LogP contribution in [0.25, 0.3) is 0 Å². The highest BCUT2D eigenvalue weighted by Gasteiger charge is 2.37. The van der Waals surface area contributed by atoms with Crippen LogP contribution in [-0.4, -0.2) is 16.3 Å². The zero-order chi connectivity index (χ0) is 13.3. The minimum absolute atomic E-state index is 0.415. The lowest BCUT2D eigenvalue weighted by Crippen LogP contribution is -2.34. The monoisotopic (exact) mass is 313 g/mol. The van der Waals surface area contributed by atoms with Gasteiger partial charge in [-0.3, -0.25) is 4.68 Å². The molecule has 2 rings (SSSR count). The molecule has 1 saturated carbocycles. The first kappa shape index (κ1) is 14.1. The van der Waals surface area contributed by atoms with Gasteiger partial charge in [-0.2, -0.15) is 5.10 Å². The van der Waals surface area contributed by atoms with E-state index in [0.29, 0.717) is 17.3 Å². The molecule has 0 radical (unpaired) electrons. The van der Waals surface area contributed by atoms with Gasteiger partial charge in [0.25, 0.3) is 0 Å². The highest BCUT2D eigenvalue weighted by Crippen LogP contribution is 2.47. The molecule has 0 aliphatic heterocycles. The quantitative estimate of drug-likeness (QED) is 0.927. The van der Waals surface area contributed by atoms with Crippen molar-refractivity contribution < 1.29 is 0 Å². The molecule has 4 heteroatoms. The molecule has 102 valence electrons. The van der Waals surface area contributed by atoms with Crippen molar-refractivity contribution in [3.63, 3.8) is 0 Å². The SMILES string of the molecule is CCn1ncc(Br)c1C1CC(C)(C)CCC1CN. The molecule has 1 aliphatic carbocycles. The number of aromatic nitrogens is 2. The van der Waals surface area contributed by atoms with Gasteiger partial charge in [-0.1, -0.05) is 13.8 Å². The summed E-state index contributed by atoms with van der Waals surface area (Å²) in [4.78, 5) is 0. The van der Waals surface area contributed by atoms with E-state index in [1.165, 1.54) is 25.0 Å². The number of hydrogen-bond donors (Lipinski definition) is 1. The normalized spacial score (nSPS) is 27.4. The Morgan fingerprint density at radius 1 is 1.56 bits per heavy atom. The van der Waals surface area contributed by atoms with Gasteiger partial charge in [0.2, 0.25) is 0 Å². The lowest BCUT2D eigenvalue weighted by atomic mass is 9.66. The van der Waals surface area contributed by atoms with Gasteiger partial charge in [-0.25, -0.2) is 0 Å². The van der Waals surface area contributed by atoms with E-state index in [2.05, 4.69) is 46.5 Å².